The van der Waals surface area contributed by atoms with Crippen molar-refractivity contribution in [3.05, 3.63) is 27.5 Å². The third kappa shape index (κ3) is 1.76. The van der Waals surface area contributed by atoms with Gasteiger partial charge in [0.25, 0.3) is 0 Å². The first-order valence-electron chi connectivity index (χ1n) is 3.28. The van der Waals surface area contributed by atoms with E-state index in [0.29, 0.717) is 6.29 Å². The molecule has 0 amide bonds. The fourth-order valence-corrected chi connectivity index (χ4v) is 1.51. The molecular weight excluding hydrogens is 218 g/mol. The first kappa shape index (κ1) is 10.3. The second-order valence-corrected chi connectivity index (χ2v) is 3.00. The van der Waals surface area contributed by atoms with Gasteiger partial charge in [0.2, 0.25) is 0 Å². The third-order valence-corrected chi connectivity index (χ3v) is 2.14. The number of aldehydes is 1. The number of ether oxygens (including phenoxy) is 1. The molecule has 1 aromatic carbocycles. The van der Waals surface area contributed by atoms with Crippen LogP contribution in [0.15, 0.2) is 6.07 Å². The lowest BCUT2D eigenvalue weighted by Gasteiger charge is -2.07. The van der Waals surface area contributed by atoms with Crippen LogP contribution in [-0.4, -0.2) is 13.4 Å². The summed E-state index contributed by atoms with van der Waals surface area (Å²) in [4.78, 5) is 10.4. The summed E-state index contributed by atoms with van der Waals surface area (Å²) >= 11 is 11.2. The molecule has 0 radical (unpaired) electrons. The molecular formula is C8H5Cl2FO2. The summed E-state index contributed by atoms with van der Waals surface area (Å²) in [6.45, 7) is 0. The lowest BCUT2D eigenvalue weighted by Crippen LogP contribution is -1.94. The van der Waals surface area contributed by atoms with Crippen molar-refractivity contribution < 1.29 is 13.9 Å². The molecule has 13 heavy (non-hydrogen) atoms. The first-order chi connectivity index (χ1) is 6.11. The quantitative estimate of drug-likeness (QED) is 0.720. The summed E-state index contributed by atoms with van der Waals surface area (Å²) in [5.74, 6) is -0.655. The van der Waals surface area contributed by atoms with Crippen LogP contribution in [0, 0.1) is 5.82 Å². The van der Waals surface area contributed by atoms with Gasteiger partial charge in [-0.1, -0.05) is 23.2 Å². The highest BCUT2D eigenvalue weighted by molar-refractivity contribution is 6.38. The zero-order valence-corrected chi connectivity index (χ0v) is 8.12. The minimum Gasteiger partial charge on any atom is -0.494 e. The van der Waals surface area contributed by atoms with E-state index in [4.69, 9.17) is 27.9 Å². The molecule has 0 aliphatic rings. The van der Waals surface area contributed by atoms with Gasteiger partial charge < -0.3 is 4.74 Å². The van der Waals surface area contributed by atoms with E-state index in [1.165, 1.54) is 7.11 Å². The van der Waals surface area contributed by atoms with Crippen LogP contribution in [0.1, 0.15) is 10.4 Å². The number of hydrogen-bond donors (Lipinski definition) is 0. The number of rotatable bonds is 2. The summed E-state index contributed by atoms with van der Waals surface area (Å²) in [5.41, 5.74) is -0.247. The molecule has 0 saturated carbocycles. The Morgan fingerprint density at radius 1 is 1.54 bits per heavy atom. The van der Waals surface area contributed by atoms with Crippen LogP contribution in [-0.2, 0) is 0 Å². The average Bonchev–Trinajstić information content (AvgIpc) is 2.04. The second-order valence-electron chi connectivity index (χ2n) is 2.22. The lowest BCUT2D eigenvalue weighted by atomic mass is 10.2. The zero-order chi connectivity index (χ0) is 10.0. The molecule has 0 unspecified atom stereocenters. The van der Waals surface area contributed by atoms with Crippen LogP contribution in [0.3, 0.4) is 0 Å². The highest BCUT2D eigenvalue weighted by Crippen LogP contribution is 2.36. The van der Waals surface area contributed by atoms with Gasteiger partial charge >= 0.3 is 0 Å². The van der Waals surface area contributed by atoms with Crippen molar-refractivity contribution in [1.82, 2.24) is 0 Å². The summed E-state index contributed by atoms with van der Waals surface area (Å²) in [6.07, 6.45) is 0.316. The molecule has 0 aromatic heterocycles. The van der Waals surface area contributed by atoms with E-state index in [0.717, 1.165) is 6.07 Å². The molecule has 0 fully saturated rings. The van der Waals surface area contributed by atoms with Crippen LogP contribution in [0.5, 0.6) is 5.75 Å². The van der Waals surface area contributed by atoms with E-state index < -0.39 is 5.82 Å². The van der Waals surface area contributed by atoms with Gasteiger partial charge in [0, 0.05) is 0 Å². The fourth-order valence-electron chi connectivity index (χ4n) is 0.882. The molecule has 0 atom stereocenters. The molecule has 0 saturated heterocycles. The maximum atomic E-state index is 13.0. The normalized spacial score (nSPS) is 9.85. The fraction of sp³-hybridized carbons (Fsp3) is 0.125. The molecule has 0 N–H and O–H groups in total. The molecule has 0 spiro atoms. The molecule has 0 bridgehead atoms. The monoisotopic (exact) mass is 222 g/mol. The molecule has 5 heteroatoms. The summed E-state index contributed by atoms with van der Waals surface area (Å²) < 4.78 is 17.8. The number of carbonyl (C=O) groups excluding carboxylic acids is 1. The van der Waals surface area contributed by atoms with Gasteiger partial charge in [-0.25, -0.2) is 4.39 Å². The van der Waals surface area contributed by atoms with E-state index in [1.54, 1.807) is 0 Å². The predicted octanol–water partition coefficient (Wildman–Crippen LogP) is 2.95. The lowest BCUT2D eigenvalue weighted by molar-refractivity contribution is 0.111. The number of benzene rings is 1. The molecule has 0 aliphatic carbocycles. The Labute approximate surface area is 84.2 Å². The van der Waals surface area contributed by atoms with Gasteiger partial charge in [-0.15, -0.1) is 0 Å². The van der Waals surface area contributed by atoms with Crippen molar-refractivity contribution in [2.75, 3.05) is 7.11 Å². The number of halogens is 3. The Bertz CT molecular complexity index is 352. The minimum absolute atomic E-state index is 0.0376. The van der Waals surface area contributed by atoms with E-state index in [1.807, 2.05) is 0 Å². The van der Waals surface area contributed by atoms with Gasteiger partial charge in [0.1, 0.15) is 5.82 Å². The third-order valence-electron chi connectivity index (χ3n) is 1.49. The Balaban J connectivity index is 3.47. The Morgan fingerprint density at radius 3 is 2.62 bits per heavy atom. The van der Waals surface area contributed by atoms with E-state index in [-0.39, 0.29) is 21.4 Å². The van der Waals surface area contributed by atoms with Gasteiger partial charge in [0.05, 0.1) is 22.7 Å². The smallest absolute Gasteiger partial charge is 0.156 e. The molecule has 70 valence electrons. The van der Waals surface area contributed by atoms with Gasteiger partial charge in [-0.2, -0.15) is 0 Å². The van der Waals surface area contributed by atoms with Crippen molar-refractivity contribution in [2.45, 2.75) is 0 Å². The molecule has 1 rings (SSSR count). The Morgan fingerprint density at radius 2 is 2.15 bits per heavy atom. The highest BCUT2D eigenvalue weighted by atomic mass is 35.5. The van der Waals surface area contributed by atoms with Crippen molar-refractivity contribution in [1.29, 1.82) is 0 Å². The number of methoxy groups -OCH3 is 1. The molecule has 0 heterocycles. The van der Waals surface area contributed by atoms with Crippen molar-refractivity contribution >= 4 is 29.5 Å². The van der Waals surface area contributed by atoms with E-state index >= 15 is 0 Å². The minimum atomic E-state index is -0.759. The van der Waals surface area contributed by atoms with Gasteiger partial charge in [0.15, 0.2) is 12.0 Å². The Kier molecular flexibility index (Phi) is 3.12. The van der Waals surface area contributed by atoms with Crippen molar-refractivity contribution in [3.63, 3.8) is 0 Å². The summed E-state index contributed by atoms with van der Waals surface area (Å²) in [6, 6.07) is 0.982. The molecule has 1 aromatic rings. The largest absolute Gasteiger partial charge is 0.494 e. The van der Waals surface area contributed by atoms with Gasteiger partial charge in [-0.3, -0.25) is 4.79 Å². The standard InChI is InChI=1S/C8H5Cl2FO2/c1-13-8-5(9)2-6(11)4(3-12)7(8)10/h2-3H,1H3. The average molecular weight is 223 g/mol. The predicted molar refractivity (Wildman–Crippen MR) is 48.4 cm³/mol. The number of hydrogen-bond acceptors (Lipinski definition) is 2. The van der Waals surface area contributed by atoms with E-state index in [2.05, 4.69) is 0 Å². The first-order valence-corrected chi connectivity index (χ1v) is 4.04. The van der Waals surface area contributed by atoms with Gasteiger partial charge in [-0.05, 0) is 6.07 Å². The van der Waals surface area contributed by atoms with Crippen molar-refractivity contribution in [2.24, 2.45) is 0 Å². The van der Waals surface area contributed by atoms with Crippen molar-refractivity contribution in [3.8, 4) is 5.75 Å². The topological polar surface area (TPSA) is 26.3 Å². The maximum Gasteiger partial charge on any atom is 0.156 e. The second kappa shape index (κ2) is 3.94. The highest BCUT2D eigenvalue weighted by Gasteiger charge is 2.15. The molecule has 0 aliphatic heterocycles. The zero-order valence-electron chi connectivity index (χ0n) is 6.61. The maximum absolute atomic E-state index is 13.0. The van der Waals surface area contributed by atoms with Crippen LogP contribution >= 0.6 is 23.2 Å². The number of carbonyl (C=O) groups is 1. The van der Waals surface area contributed by atoms with Crippen LogP contribution in [0.4, 0.5) is 4.39 Å². The van der Waals surface area contributed by atoms with Crippen LogP contribution in [0.2, 0.25) is 10.0 Å². The van der Waals surface area contributed by atoms with E-state index in [9.17, 15) is 9.18 Å². The summed E-state index contributed by atoms with van der Waals surface area (Å²) in [5, 5.41) is -0.0712. The van der Waals surface area contributed by atoms with Crippen LogP contribution in [0.25, 0.3) is 0 Å². The Hall–Kier alpha value is -0.800. The molecule has 2 nitrogen and oxygen atoms in total. The van der Waals surface area contributed by atoms with Crippen LogP contribution < -0.4 is 4.74 Å². The SMILES string of the molecule is COc1c(Cl)cc(F)c(C=O)c1Cl. The summed E-state index contributed by atoms with van der Waals surface area (Å²) in [7, 11) is 1.33.